The quantitative estimate of drug-likeness (QED) is 0.109. The lowest BCUT2D eigenvalue weighted by Crippen LogP contribution is -2.58. The van der Waals surface area contributed by atoms with E-state index in [0.29, 0.717) is 11.3 Å². The monoisotopic (exact) mass is 547 g/mol. The minimum Gasteiger partial charge on any atom is -0.508 e. The van der Waals surface area contributed by atoms with Gasteiger partial charge in [-0.15, -0.1) is 0 Å². The first-order valence-corrected chi connectivity index (χ1v) is 11.5. The maximum atomic E-state index is 13.0. The van der Waals surface area contributed by atoms with Gasteiger partial charge in [0.05, 0.1) is 25.2 Å². The van der Waals surface area contributed by atoms with E-state index >= 15 is 0 Å². The Hall–Kier alpha value is -4.99. The van der Waals surface area contributed by atoms with Crippen LogP contribution in [0, 0.1) is 0 Å². The first-order chi connectivity index (χ1) is 18.3. The summed E-state index contributed by atoms with van der Waals surface area (Å²) in [6, 6.07) is -0.147. The van der Waals surface area contributed by atoms with E-state index < -0.39 is 72.6 Å². The molecule has 16 heteroatoms. The van der Waals surface area contributed by atoms with Crippen LogP contribution in [-0.4, -0.2) is 85.0 Å². The molecule has 4 amide bonds. The normalized spacial score (nSPS) is 13.8. The number of aromatic amines is 1. The average Bonchev–Trinajstić information content (AvgIpc) is 3.36. The number of imidazole rings is 1. The molecule has 16 nitrogen and oxygen atoms in total. The summed E-state index contributed by atoms with van der Waals surface area (Å²) in [6.07, 6.45) is 0.832. The molecule has 2 rings (SSSR count). The Balaban J connectivity index is 2.18. The predicted octanol–water partition coefficient (Wildman–Crippen LogP) is -2.88. The molecule has 0 fully saturated rings. The number of hydrogen-bond acceptors (Lipinski definition) is 9. The van der Waals surface area contributed by atoms with Crippen molar-refractivity contribution in [2.45, 2.75) is 49.9 Å². The lowest BCUT2D eigenvalue weighted by Gasteiger charge is -2.24. The Morgan fingerprint density at radius 1 is 0.846 bits per heavy atom. The van der Waals surface area contributed by atoms with Crippen molar-refractivity contribution in [2.24, 2.45) is 11.5 Å². The van der Waals surface area contributed by atoms with Crippen molar-refractivity contribution in [3.63, 3.8) is 0 Å². The van der Waals surface area contributed by atoms with Gasteiger partial charge in [0.25, 0.3) is 0 Å². The first-order valence-electron chi connectivity index (χ1n) is 11.5. The molecule has 1 aromatic carbocycles. The molecular formula is C23H29N7O9. The number of H-pyrrole nitrogens is 1. The summed E-state index contributed by atoms with van der Waals surface area (Å²) in [6.45, 7) is 0. The molecule has 0 radical (unpaired) electrons. The highest BCUT2D eigenvalue weighted by Crippen LogP contribution is 2.11. The van der Waals surface area contributed by atoms with Crippen LogP contribution in [-0.2, 0) is 41.6 Å². The number of phenols is 1. The lowest BCUT2D eigenvalue weighted by molar-refractivity contribution is -0.144. The van der Waals surface area contributed by atoms with Crippen molar-refractivity contribution < 1.29 is 44.1 Å². The summed E-state index contributed by atoms with van der Waals surface area (Å²) in [4.78, 5) is 79.1. The fourth-order valence-electron chi connectivity index (χ4n) is 3.41. The summed E-state index contributed by atoms with van der Waals surface area (Å²) >= 11 is 0. The molecule has 0 aliphatic carbocycles. The van der Waals surface area contributed by atoms with Crippen LogP contribution in [0.3, 0.4) is 0 Å². The van der Waals surface area contributed by atoms with Gasteiger partial charge < -0.3 is 47.7 Å². The van der Waals surface area contributed by atoms with Crippen LogP contribution in [0.2, 0.25) is 0 Å². The zero-order chi connectivity index (χ0) is 29.1. The minimum absolute atomic E-state index is 0.00740. The van der Waals surface area contributed by atoms with Crippen molar-refractivity contribution in [3.05, 3.63) is 48.0 Å². The first kappa shape index (κ1) is 30.2. The number of amides is 4. The number of nitrogens with zero attached hydrogens (tertiary/aromatic N) is 1. The Kier molecular flexibility index (Phi) is 10.9. The number of rotatable bonds is 15. The molecule has 0 saturated heterocycles. The summed E-state index contributed by atoms with van der Waals surface area (Å²) in [5.41, 5.74) is 11.9. The summed E-state index contributed by atoms with van der Waals surface area (Å²) in [5, 5.41) is 34.6. The van der Waals surface area contributed by atoms with E-state index in [2.05, 4.69) is 25.9 Å². The molecule has 210 valence electrons. The summed E-state index contributed by atoms with van der Waals surface area (Å²) < 4.78 is 0. The van der Waals surface area contributed by atoms with Gasteiger partial charge in [0.1, 0.15) is 23.9 Å². The predicted molar refractivity (Wildman–Crippen MR) is 132 cm³/mol. The molecule has 0 saturated carbocycles. The summed E-state index contributed by atoms with van der Waals surface area (Å²) in [7, 11) is 0. The van der Waals surface area contributed by atoms with Crippen LogP contribution in [0.25, 0.3) is 0 Å². The second-order valence-electron chi connectivity index (χ2n) is 8.55. The molecule has 0 aliphatic heterocycles. The minimum atomic E-state index is -1.69. The molecule has 1 aromatic heterocycles. The van der Waals surface area contributed by atoms with Gasteiger partial charge in [0.15, 0.2) is 0 Å². The number of aromatic nitrogens is 2. The van der Waals surface area contributed by atoms with E-state index in [1.165, 1.54) is 36.8 Å². The number of carbonyl (C=O) groups is 6. The molecule has 0 spiro atoms. The van der Waals surface area contributed by atoms with Crippen molar-refractivity contribution in [2.75, 3.05) is 0 Å². The van der Waals surface area contributed by atoms with Crippen molar-refractivity contribution in [1.82, 2.24) is 25.9 Å². The Labute approximate surface area is 221 Å². The number of nitrogens with one attached hydrogen (secondary N) is 4. The molecule has 11 N–H and O–H groups in total. The van der Waals surface area contributed by atoms with Crippen molar-refractivity contribution >= 4 is 35.6 Å². The Morgan fingerprint density at radius 3 is 1.97 bits per heavy atom. The molecule has 39 heavy (non-hydrogen) atoms. The maximum absolute atomic E-state index is 13.0. The number of carbonyl (C=O) groups excluding carboxylic acids is 4. The largest absolute Gasteiger partial charge is 0.508 e. The number of hydrogen-bond donors (Lipinski definition) is 9. The van der Waals surface area contributed by atoms with E-state index in [1.54, 1.807) is 0 Å². The third kappa shape index (κ3) is 10.1. The summed E-state index contributed by atoms with van der Waals surface area (Å²) in [5.74, 6) is -6.92. The van der Waals surface area contributed by atoms with Crippen LogP contribution in [0.5, 0.6) is 5.75 Å². The number of carboxylic acid groups (broad SMARTS) is 2. The van der Waals surface area contributed by atoms with Crippen LogP contribution in [0.15, 0.2) is 36.8 Å². The molecule has 4 atom stereocenters. The zero-order valence-corrected chi connectivity index (χ0v) is 20.5. The fourth-order valence-corrected chi connectivity index (χ4v) is 3.41. The average molecular weight is 548 g/mol. The molecule has 1 heterocycles. The van der Waals surface area contributed by atoms with Gasteiger partial charge in [0, 0.05) is 18.3 Å². The molecule has 0 bridgehead atoms. The number of nitrogens with two attached hydrogens (primary N) is 2. The Bertz CT molecular complexity index is 1190. The fraction of sp³-hybridized carbons (Fsp3) is 0.348. The van der Waals surface area contributed by atoms with Crippen molar-refractivity contribution in [1.29, 1.82) is 0 Å². The number of primary amides is 1. The number of phenolic OH excluding ortho intramolecular Hbond substituents is 1. The Morgan fingerprint density at radius 2 is 1.44 bits per heavy atom. The number of benzene rings is 1. The standard InChI is InChI=1S/C23H29N7O9/c24-14(5-11-1-3-13(31)4-2-11)20(35)28-16(8-19(33)34)22(37)29-15(6-12-9-26-10-27-12)21(36)30-17(23(38)39)7-18(25)32/h1-4,9-10,14-17,31H,5-8,24H2,(H2,25,32)(H,26,27)(H,28,35)(H,29,37)(H,30,36)(H,33,34)(H,38,39). The molecule has 4 unspecified atom stereocenters. The third-order valence-corrected chi connectivity index (χ3v) is 5.37. The van der Waals surface area contributed by atoms with E-state index in [9.17, 15) is 44.1 Å². The second kappa shape index (κ2) is 14.1. The van der Waals surface area contributed by atoms with E-state index in [0.717, 1.165) is 0 Å². The van der Waals surface area contributed by atoms with Crippen molar-refractivity contribution in [3.8, 4) is 5.75 Å². The molecule has 2 aromatic rings. The van der Waals surface area contributed by atoms with Gasteiger partial charge in [-0.2, -0.15) is 0 Å². The van der Waals surface area contributed by atoms with Gasteiger partial charge in [-0.1, -0.05) is 12.1 Å². The lowest BCUT2D eigenvalue weighted by atomic mass is 10.0. The highest BCUT2D eigenvalue weighted by molar-refractivity contribution is 5.96. The van der Waals surface area contributed by atoms with E-state index in [-0.39, 0.29) is 18.6 Å². The smallest absolute Gasteiger partial charge is 0.326 e. The SMILES string of the molecule is NC(=O)CC(NC(=O)C(Cc1cnc[nH]1)NC(=O)C(CC(=O)O)NC(=O)C(N)Cc1ccc(O)cc1)C(=O)O. The van der Waals surface area contributed by atoms with E-state index in [4.69, 9.17) is 11.5 Å². The maximum Gasteiger partial charge on any atom is 0.326 e. The second-order valence-corrected chi connectivity index (χ2v) is 8.55. The third-order valence-electron chi connectivity index (χ3n) is 5.37. The van der Waals surface area contributed by atoms with Gasteiger partial charge >= 0.3 is 11.9 Å². The zero-order valence-electron chi connectivity index (χ0n) is 20.5. The highest BCUT2D eigenvalue weighted by atomic mass is 16.4. The van der Waals surface area contributed by atoms with Crippen LogP contribution < -0.4 is 27.4 Å². The number of carboxylic acids is 2. The van der Waals surface area contributed by atoms with E-state index in [1.807, 2.05) is 0 Å². The highest BCUT2D eigenvalue weighted by Gasteiger charge is 2.32. The van der Waals surface area contributed by atoms with Crippen LogP contribution in [0.4, 0.5) is 0 Å². The van der Waals surface area contributed by atoms with Crippen LogP contribution >= 0.6 is 0 Å². The molecule has 0 aliphatic rings. The number of aromatic hydroxyl groups is 1. The number of aliphatic carboxylic acids is 2. The van der Waals surface area contributed by atoms with Gasteiger partial charge in [0.2, 0.25) is 23.6 Å². The van der Waals surface area contributed by atoms with Crippen LogP contribution in [0.1, 0.15) is 24.1 Å². The molecular weight excluding hydrogens is 518 g/mol. The topological polar surface area (TPSA) is 280 Å². The van der Waals surface area contributed by atoms with Gasteiger partial charge in [-0.05, 0) is 24.1 Å². The van der Waals surface area contributed by atoms with Gasteiger partial charge in [-0.3, -0.25) is 24.0 Å². The van der Waals surface area contributed by atoms with Gasteiger partial charge in [-0.25, -0.2) is 9.78 Å².